The van der Waals surface area contributed by atoms with Gasteiger partial charge in [-0.3, -0.25) is 19.6 Å². The highest BCUT2D eigenvalue weighted by Crippen LogP contribution is 2.36. The Labute approximate surface area is 272 Å². The molecule has 1 aliphatic heterocycles. The van der Waals surface area contributed by atoms with Gasteiger partial charge in [-0.15, -0.1) is 0 Å². The van der Waals surface area contributed by atoms with Crippen molar-refractivity contribution < 1.29 is 14.3 Å². The summed E-state index contributed by atoms with van der Waals surface area (Å²) < 4.78 is 12.5. The summed E-state index contributed by atoms with van der Waals surface area (Å²) in [6, 6.07) is 14.2. The predicted molar refractivity (Wildman–Crippen MR) is 188 cm³/mol. The molecule has 2 aromatic heterocycles. The first-order chi connectivity index (χ1) is 22.8. The molecule has 11 nitrogen and oxygen atoms in total. The fourth-order valence-electron chi connectivity index (χ4n) is 5.16. The molecule has 1 aliphatic rings. The Hall–Kier alpha value is -5.97. The van der Waals surface area contributed by atoms with Crippen molar-refractivity contribution in [3.05, 3.63) is 107 Å². The molecule has 4 aromatic rings. The number of hydrogen-bond donors (Lipinski definition) is 0. The zero-order valence-electron chi connectivity index (χ0n) is 27.0. The van der Waals surface area contributed by atoms with E-state index in [0.29, 0.717) is 68.9 Å². The highest BCUT2D eigenvalue weighted by molar-refractivity contribution is 6.20. The van der Waals surface area contributed by atoms with Crippen molar-refractivity contribution in [3.8, 4) is 22.8 Å². The van der Waals surface area contributed by atoms with Gasteiger partial charge in [0.2, 0.25) is 0 Å². The van der Waals surface area contributed by atoms with Gasteiger partial charge >= 0.3 is 0 Å². The molecule has 5 rings (SSSR count). The summed E-state index contributed by atoms with van der Waals surface area (Å²) in [7, 11) is 4.70. The monoisotopic (exact) mass is 629 g/mol. The van der Waals surface area contributed by atoms with Crippen LogP contribution in [0.15, 0.2) is 105 Å². The van der Waals surface area contributed by atoms with E-state index in [2.05, 4.69) is 21.5 Å². The number of hydrogen-bond acceptors (Lipinski definition) is 9. The smallest absolute Gasteiger partial charge is 0.280 e. The van der Waals surface area contributed by atoms with E-state index in [1.54, 1.807) is 68.3 Å². The van der Waals surface area contributed by atoms with Gasteiger partial charge in [-0.05, 0) is 55.3 Å². The summed E-state index contributed by atoms with van der Waals surface area (Å²) in [5.41, 5.74) is 3.80. The predicted octanol–water partition coefficient (Wildman–Crippen LogP) is 6.15. The number of aromatic nitrogens is 3. The number of amides is 1. The van der Waals surface area contributed by atoms with Crippen molar-refractivity contribution in [3.63, 3.8) is 0 Å². The second-order valence-electron chi connectivity index (χ2n) is 10.4. The highest BCUT2D eigenvalue weighted by atomic mass is 16.5. The molecule has 0 aliphatic carbocycles. The number of fused-ring (bicyclic) bond motifs is 2. The van der Waals surface area contributed by atoms with Gasteiger partial charge in [0.1, 0.15) is 0 Å². The maximum Gasteiger partial charge on any atom is 0.280 e. The quantitative estimate of drug-likeness (QED) is 0.194. The molecule has 0 spiro atoms. The Morgan fingerprint density at radius 2 is 1.81 bits per heavy atom. The number of aliphatic imine (C=N–C) groups is 2. The molecule has 47 heavy (non-hydrogen) atoms. The number of pyridine rings is 1. The van der Waals surface area contributed by atoms with E-state index >= 15 is 0 Å². The van der Waals surface area contributed by atoms with E-state index in [-0.39, 0.29) is 17.3 Å². The van der Waals surface area contributed by atoms with Crippen molar-refractivity contribution in [1.82, 2.24) is 14.8 Å². The molecule has 3 heterocycles. The number of hydrazone groups is 1. The molecule has 0 unspecified atom stereocenters. The molecule has 2 aromatic carbocycles. The highest BCUT2D eigenvalue weighted by Gasteiger charge is 2.27. The van der Waals surface area contributed by atoms with Crippen LogP contribution >= 0.6 is 0 Å². The summed E-state index contributed by atoms with van der Waals surface area (Å²) >= 11 is 0. The van der Waals surface area contributed by atoms with Crippen LogP contribution < -0.4 is 20.0 Å². The third kappa shape index (κ3) is 6.55. The van der Waals surface area contributed by atoms with Crippen molar-refractivity contribution in [2.24, 2.45) is 15.1 Å². The first-order valence-electron chi connectivity index (χ1n) is 15.0. The van der Waals surface area contributed by atoms with Gasteiger partial charge in [-0.1, -0.05) is 37.8 Å². The number of methoxy groups -OCH3 is 2. The number of anilines is 1. The Balaban J connectivity index is 1.75. The van der Waals surface area contributed by atoms with Crippen LogP contribution in [0, 0.1) is 0 Å². The van der Waals surface area contributed by atoms with E-state index < -0.39 is 0 Å². The maximum absolute atomic E-state index is 14.0. The van der Waals surface area contributed by atoms with E-state index in [0.717, 1.165) is 5.56 Å². The summed E-state index contributed by atoms with van der Waals surface area (Å²) in [4.78, 5) is 40.7. The number of ether oxygens (including phenoxy) is 2. The molecule has 238 valence electrons. The molecular weight excluding hydrogens is 594 g/mol. The molecule has 0 radical (unpaired) electrons. The van der Waals surface area contributed by atoms with E-state index in [4.69, 9.17) is 19.7 Å². The van der Waals surface area contributed by atoms with Crippen LogP contribution in [-0.2, 0) is 6.42 Å². The summed E-state index contributed by atoms with van der Waals surface area (Å²) in [5.74, 6) is 0.757. The number of carbonyl (C=O) groups is 1. The minimum absolute atomic E-state index is 0.262. The number of rotatable bonds is 10. The van der Waals surface area contributed by atoms with Crippen molar-refractivity contribution in [1.29, 1.82) is 0 Å². The number of benzene rings is 2. The lowest BCUT2D eigenvalue weighted by Crippen LogP contribution is -2.27. The molecule has 0 saturated heterocycles. The van der Waals surface area contributed by atoms with Crippen LogP contribution in [0.3, 0.4) is 0 Å². The van der Waals surface area contributed by atoms with Gasteiger partial charge in [0.15, 0.2) is 17.3 Å². The molecule has 0 saturated carbocycles. The van der Waals surface area contributed by atoms with Crippen LogP contribution in [-0.4, -0.2) is 60.1 Å². The van der Waals surface area contributed by atoms with Crippen LogP contribution in [0.5, 0.6) is 11.5 Å². The standard InChI is InChI=1S/C36H35N7O4/c1-7-15-38-22-23(3)30-18-24-11-9-10-12-27(24)35(44)43(40-30)33-19-25(13-17-39-33)34-28-20-31(46-5)32(47-6)21-29(28)36(45)42(41-34)26(8-2)14-16-37-4/h7,9-17,19-22H,3,8,18H2,1-2,4-6H3/b15-7-,26-14+,37-16?,38-22?. The van der Waals surface area contributed by atoms with E-state index in [1.165, 1.54) is 23.9 Å². The summed E-state index contributed by atoms with van der Waals surface area (Å²) in [5, 5.41) is 11.8. The maximum atomic E-state index is 14.0. The number of nitrogens with zero attached hydrogens (tertiary/aromatic N) is 7. The second kappa shape index (κ2) is 14.4. The van der Waals surface area contributed by atoms with E-state index in [9.17, 15) is 9.59 Å². The normalized spacial score (nSPS) is 13.8. The molecular formula is C36H35N7O4. The Morgan fingerprint density at radius 1 is 1.06 bits per heavy atom. The van der Waals surface area contributed by atoms with Gasteiger partial charge in [-0.25, -0.2) is 9.67 Å². The van der Waals surface area contributed by atoms with Gasteiger partial charge in [-0.2, -0.15) is 15.2 Å². The fraction of sp³-hybridized carbons (Fsp3) is 0.194. The first kappa shape index (κ1) is 32.4. The lowest BCUT2D eigenvalue weighted by molar-refractivity contribution is 0.0987. The van der Waals surface area contributed by atoms with Crippen molar-refractivity contribution >= 4 is 46.3 Å². The Bertz CT molecular complexity index is 2070. The van der Waals surface area contributed by atoms with Crippen LogP contribution in [0.2, 0.25) is 0 Å². The zero-order valence-corrected chi connectivity index (χ0v) is 27.0. The van der Waals surface area contributed by atoms with Crippen LogP contribution in [0.4, 0.5) is 5.82 Å². The van der Waals surface area contributed by atoms with Crippen molar-refractivity contribution in [2.75, 3.05) is 26.3 Å². The molecule has 0 atom stereocenters. The summed E-state index contributed by atoms with van der Waals surface area (Å²) in [6.45, 7) is 7.96. The largest absolute Gasteiger partial charge is 0.493 e. The summed E-state index contributed by atoms with van der Waals surface area (Å²) in [6.07, 6.45) is 10.9. The lowest BCUT2D eigenvalue weighted by atomic mass is 9.99. The zero-order chi connectivity index (χ0) is 33.5. The number of allylic oxidation sites excluding steroid dienone is 4. The van der Waals surface area contributed by atoms with Crippen LogP contribution in [0.1, 0.15) is 36.2 Å². The Morgan fingerprint density at radius 3 is 2.51 bits per heavy atom. The molecule has 1 amide bonds. The molecule has 0 fully saturated rings. The second-order valence-corrected chi connectivity index (χ2v) is 10.4. The molecule has 11 heteroatoms. The average Bonchev–Trinajstić information content (AvgIpc) is 3.25. The van der Waals surface area contributed by atoms with Crippen LogP contribution in [0.25, 0.3) is 27.7 Å². The Kier molecular flexibility index (Phi) is 9.95. The van der Waals surface area contributed by atoms with Gasteiger partial charge < -0.3 is 9.47 Å². The SMILES string of the molecule is C=C(C=N/C=C\C)C1=NN(c2cc(-c3nn(/C(=C/C=NC)CC)c(=O)c4cc(OC)c(OC)cc34)ccn2)C(=O)c2ccccc2C1. The minimum atomic E-state index is -0.345. The fourth-order valence-corrected chi connectivity index (χ4v) is 5.16. The average molecular weight is 630 g/mol. The first-order valence-corrected chi connectivity index (χ1v) is 15.0. The third-order valence-electron chi connectivity index (χ3n) is 7.54. The van der Waals surface area contributed by atoms with Gasteiger partial charge in [0.05, 0.1) is 31.0 Å². The van der Waals surface area contributed by atoms with Crippen molar-refractivity contribution in [2.45, 2.75) is 26.7 Å². The molecule has 0 N–H and O–H groups in total. The topological polar surface area (TPSA) is 124 Å². The molecule has 0 bridgehead atoms. The number of carbonyl (C=O) groups excluding carboxylic acids is 1. The minimum Gasteiger partial charge on any atom is -0.493 e. The van der Waals surface area contributed by atoms with Gasteiger partial charge in [0, 0.05) is 66.1 Å². The van der Waals surface area contributed by atoms with Gasteiger partial charge in [0.25, 0.3) is 11.5 Å². The third-order valence-corrected chi connectivity index (χ3v) is 7.54. The van der Waals surface area contributed by atoms with E-state index in [1.807, 2.05) is 38.1 Å². The lowest BCUT2D eigenvalue weighted by Gasteiger charge is -2.18.